The van der Waals surface area contributed by atoms with E-state index in [1.54, 1.807) is 18.2 Å². The summed E-state index contributed by atoms with van der Waals surface area (Å²) >= 11 is 9.25. The smallest absolute Gasteiger partial charge is 0.263 e. The molecule has 0 unspecified atom stereocenters. The van der Waals surface area contributed by atoms with Crippen LogP contribution in [0.4, 0.5) is 5.69 Å². The summed E-state index contributed by atoms with van der Waals surface area (Å²) in [7, 11) is -3.83. The van der Waals surface area contributed by atoms with Gasteiger partial charge >= 0.3 is 0 Å². The highest BCUT2D eigenvalue weighted by Crippen LogP contribution is 2.28. The summed E-state index contributed by atoms with van der Waals surface area (Å²) in [6.07, 6.45) is 0. The van der Waals surface area contributed by atoms with Gasteiger partial charge in [-0.25, -0.2) is 8.42 Å². The van der Waals surface area contributed by atoms with Crippen LogP contribution < -0.4 is 4.72 Å². The van der Waals surface area contributed by atoms with E-state index < -0.39 is 10.0 Å². The zero-order chi connectivity index (χ0) is 15.6. The average Bonchev–Trinajstić information content (AvgIpc) is 2.41. The number of nitriles is 1. The van der Waals surface area contributed by atoms with Crippen molar-refractivity contribution in [2.75, 3.05) is 4.72 Å². The standard InChI is InChI=1S/C14H10BrClN2O2S/c1-9-2-4-13(11(15)6-9)18-21(19,20)14-5-3-10(8-17)7-12(14)16/h2-7,18H,1H3. The number of sulfonamides is 1. The zero-order valence-corrected chi connectivity index (χ0v) is 14.1. The third-order valence-electron chi connectivity index (χ3n) is 2.72. The second-order valence-electron chi connectivity index (χ2n) is 4.35. The molecule has 0 spiro atoms. The van der Waals surface area contributed by atoms with E-state index in [-0.39, 0.29) is 9.92 Å². The van der Waals surface area contributed by atoms with Crippen LogP contribution in [0, 0.1) is 18.3 Å². The molecule has 0 radical (unpaired) electrons. The van der Waals surface area contributed by atoms with Crippen LogP contribution in [0.3, 0.4) is 0 Å². The third-order valence-corrected chi connectivity index (χ3v) is 5.22. The fraction of sp³-hybridized carbons (Fsp3) is 0.0714. The molecule has 21 heavy (non-hydrogen) atoms. The normalized spacial score (nSPS) is 11.0. The number of nitrogens with zero attached hydrogens (tertiary/aromatic N) is 1. The first-order valence-electron chi connectivity index (χ1n) is 5.82. The van der Waals surface area contributed by atoms with Gasteiger partial charge in [-0.05, 0) is 58.7 Å². The number of hydrogen-bond acceptors (Lipinski definition) is 3. The summed E-state index contributed by atoms with van der Waals surface area (Å²) in [4.78, 5) is -0.0735. The molecule has 0 aliphatic carbocycles. The Hall–Kier alpha value is -1.55. The first-order chi connectivity index (χ1) is 9.83. The first kappa shape index (κ1) is 15.8. The van der Waals surface area contributed by atoms with Crippen molar-refractivity contribution in [2.24, 2.45) is 0 Å². The second kappa shape index (κ2) is 6.06. The molecule has 2 aromatic carbocycles. The summed E-state index contributed by atoms with van der Waals surface area (Å²) in [5, 5.41) is 8.78. The van der Waals surface area contributed by atoms with Crippen LogP contribution in [-0.4, -0.2) is 8.42 Å². The van der Waals surface area contributed by atoms with Crippen molar-refractivity contribution in [1.29, 1.82) is 5.26 Å². The van der Waals surface area contributed by atoms with E-state index in [4.69, 9.17) is 16.9 Å². The molecule has 0 amide bonds. The molecule has 2 aromatic rings. The maximum Gasteiger partial charge on any atom is 0.263 e. The fourth-order valence-electron chi connectivity index (χ4n) is 1.69. The molecule has 0 saturated heterocycles. The molecule has 7 heteroatoms. The van der Waals surface area contributed by atoms with Crippen LogP contribution in [0.5, 0.6) is 0 Å². The average molecular weight is 386 g/mol. The number of aryl methyl sites for hydroxylation is 1. The van der Waals surface area contributed by atoms with Gasteiger partial charge in [-0.15, -0.1) is 0 Å². The highest BCUT2D eigenvalue weighted by atomic mass is 79.9. The van der Waals surface area contributed by atoms with Gasteiger partial charge in [-0.1, -0.05) is 17.7 Å². The molecule has 0 aliphatic rings. The lowest BCUT2D eigenvalue weighted by atomic mass is 10.2. The minimum absolute atomic E-state index is 0.00443. The van der Waals surface area contributed by atoms with Gasteiger partial charge in [0.15, 0.2) is 0 Å². The van der Waals surface area contributed by atoms with Gasteiger partial charge in [0.2, 0.25) is 0 Å². The van der Waals surface area contributed by atoms with E-state index in [1.165, 1.54) is 18.2 Å². The van der Waals surface area contributed by atoms with Crippen LogP contribution >= 0.6 is 27.5 Å². The number of rotatable bonds is 3. The molecule has 0 bridgehead atoms. The number of anilines is 1. The van der Waals surface area contributed by atoms with Crippen molar-refractivity contribution in [3.8, 4) is 6.07 Å². The van der Waals surface area contributed by atoms with Crippen LogP contribution in [0.15, 0.2) is 45.8 Å². The zero-order valence-electron chi connectivity index (χ0n) is 10.9. The Morgan fingerprint density at radius 2 is 1.95 bits per heavy atom. The summed E-state index contributed by atoms with van der Waals surface area (Å²) in [6, 6.07) is 11.2. The number of hydrogen-bond donors (Lipinski definition) is 1. The van der Waals surface area contributed by atoms with Gasteiger partial charge in [-0.2, -0.15) is 5.26 Å². The Morgan fingerprint density at radius 1 is 1.24 bits per heavy atom. The molecule has 0 fully saturated rings. The van der Waals surface area contributed by atoms with Crippen LogP contribution in [-0.2, 0) is 10.0 Å². The summed E-state index contributed by atoms with van der Waals surface area (Å²) in [5.41, 5.74) is 1.72. The maximum absolute atomic E-state index is 12.4. The lowest BCUT2D eigenvalue weighted by Crippen LogP contribution is -2.14. The number of nitrogens with one attached hydrogen (secondary N) is 1. The van der Waals surface area contributed by atoms with Crippen molar-refractivity contribution >= 4 is 43.2 Å². The van der Waals surface area contributed by atoms with Crippen molar-refractivity contribution in [3.05, 3.63) is 57.0 Å². The Labute approximate surface area is 136 Å². The first-order valence-corrected chi connectivity index (χ1v) is 8.47. The highest BCUT2D eigenvalue weighted by Gasteiger charge is 2.19. The van der Waals surface area contributed by atoms with E-state index in [9.17, 15) is 8.42 Å². The summed E-state index contributed by atoms with van der Waals surface area (Å²) in [5.74, 6) is 0. The lowest BCUT2D eigenvalue weighted by molar-refractivity contribution is 0.601. The molecule has 0 aromatic heterocycles. The molecule has 2 rings (SSSR count). The number of halogens is 2. The van der Waals surface area contributed by atoms with E-state index in [0.717, 1.165) is 5.56 Å². The molecular formula is C14H10BrClN2O2S. The van der Waals surface area contributed by atoms with E-state index >= 15 is 0 Å². The predicted molar refractivity (Wildman–Crippen MR) is 85.9 cm³/mol. The highest BCUT2D eigenvalue weighted by molar-refractivity contribution is 9.10. The van der Waals surface area contributed by atoms with Crippen LogP contribution in [0.25, 0.3) is 0 Å². The molecule has 0 saturated carbocycles. The lowest BCUT2D eigenvalue weighted by Gasteiger charge is -2.11. The van der Waals surface area contributed by atoms with Gasteiger partial charge in [-0.3, -0.25) is 4.72 Å². The van der Waals surface area contributed by atoms with Crippen LogP contribution in [0.2, 0.25) is 5.02 Å². The topological polar surface area (TPSA) is 70.0 Å². The summed E-state index contributed by atoms with van der Waals surface area (Å²) in [6.45, 7) is 1.90. The van der Waals surface area contributed by atoms with Gasteiger partial charge in [0.05, 0.1) is 22.3 Å². The van der Waals surface area contributed by atoms with Gasteiger partial charge in [0.25, 0.3) is 10.0 Å². The minimum atomic E-state index is -3.83. The second-order valence-corrected chi connectivity index (χ2v) is 7.26. The van der Waals surface area contributed by atoms with Gasteiger partial charge in [0, 0.05) is 4.47 Å². The molecule has 0 aliphatic heterocycles. The van der Waals surface area contributed by atoms with Gasteiger partial charge < -0.3 is 0 Å². The van der Waals surface area contributed by atoms with E-state index in [2.05, 4.69) is 20.7 Å². The fourth-order valence-corrected chi connectivity index (χ4v) is 4.04. The molecular weight excluding hydrogens is 376 g/mol. The Kier molecular flexibility index (Phi) is 4.57. The SMILES string of the molecule is Cc1ccc(NS(=O)(=O)c2ccc(C#N)cc2Cl)c(Br)c1. The number of benzene rings is 2. The summed E-state index contributed by atoms with van der Waals surface area (Å²) < 4.78 is 27.8. The van der Waals surface area contributed by atoms with Crippen molar-refractivity contribution in [3.63, 3.8) is 0 Å². The van der Waals surface area contributed by atoms with Gasteiger partial charge in [0.1, 0.15) is 4.90 Å². The maximum atomic E-state index is 12.4. The Morgan fingerprint density at radius 3 is 2.52 bits per heavy atom. The Balaban J connectivity index is 2.41. The van der Waals surface area contributed by atoms with Crippen molar-refractivity contribution in [2.45, 2.75) is 11.8 Å². The van der Waals surface area contributed by atoms with Crippen LogP contribution in [0.1, 0.15) is 11.1 Å². The molecule has 0 atom stereocenters. The monoisotopic (exact) mass is 384 g/mol. The minimum Gasteiger partial charge on any atom is -0.278 e. The Bertz CT molecular complexity index is 845. The molecule has 108 valence electrons. The van der Waals surface area contributed by atoms with E-state index in [0.29, 0.717) is 15.7 Å². The quantitative estimate of drug-likeness (QED) is 0.865. The van der Waals surface area contributed by atoms with E-state index in [1.807, 2.05) is 13.0 Å². The molecule has 1 N–H and O–H groups in total. The van der Waals surface area contributed by atoms with Crippen molar-refractivity contribution in [1.82, 2.24) is 0 Å². The predicted octanol–water partition coefficient (Wildman–Crippen LogP) is 4.08. The third kappa shape index (κ3) is 3.56. The molecule has 0 heterocycles. The van der Waals surface area contributed by atoms with Crippen molar-refractivity contribution < 1.29 is 8.42 Å². The molecule has 4 nitrogen and oxygen atoms in total. The largest absolute Gasteiger partial charge is 0.278 e.